The molecule has 1 fully saturated rings. The number of urea groups is 1. The van der Waals surface area contributed by atoms with Crippen LogP contribution in [0.5, 0.6) is 0 Å². The second-order valence-electron chi connectivity index (χ2n) is 4.61. The van der Waals surface area contributed by atoms with Crippen LogP contribution in [0.15, 0.2) is 22.7 Å². The van der Waals surface area contributed by atoms with Crippen molar-refractivity contribution < 1.29 is 14.7 Å². The summed E-state index contributed by atoms with van der Waals surface area (Å²) in [5, 5.41) is 14.3. The molecule has 2 amide bonds. The van der Waals surface area contributed by atoms with Crippen molar-refractivity contribution in [2.45, 2.75) is 19.3 Å². The van der Waals surface area contributed by atoms with E-state index in [1.807, 2.05) is 0 Å². The van der Waals surface area contributed by atoms with E-state index in [1.54, 1.807) is 6.07 Å². The summed E-state index contributed by atoms with van der Waals surface area (Å²) in [6.45, 7) is 0.646. The average molecular weight is 327 g/mol. The van der Waals surface area contributed by atoms with E-state index in [0.29, 0.717) is 16.7 Å². The molecule has 1 aliphatic carbocycles. The average Bonchev–Trinajstić information content (AvgIpc) is 3.15. The number of rotatable bonds is 5. The molecule has 5 nitrogen and oxygen atoms in total. The van der Waals surface area contributed by atoms with Crippen LogP contribution in [0, 0.1) is 5.92 Å². The number of halogens is 1. The Morgan fingerprint density at radius 3 is 2.74 bits per heavy atom. The van der Waals surface area contributed by atoms with Gasteiger partial charge in [0, 0.05) is 11.0 Å². The van der Waals surface area contributed by atoms with E-state index < -0.39 is 5.97 Å². The van der Waals surface area contributed by atoms with Gasteiger partial charge in [0.2, 0.25) is 0 Å². The quantitative estimate of drug-likeness (QED) is 0.778. The molecular formula is C13H15BrN2O3. The number of aromatic carboxylic acids is 1. The number of benzene rings is 1. The minimum absolute atomic E-state index is 0.136. The molecule has 0 unspecified atom stereocenters. The summed E-state index contributed by atoms with van der Waals surface area (Å²) in [4.78, 5) is 22.5. The number of hydrogen-bond acceptors (Lipinski definition) is 2. The Kier molecular flexibility index (Phi) is 4.42. The van der Waals surface area contributed by atoms with Crippen molar-refractivity contribution in [3.63, 3.8) is 0 Å². The molecular weight excluding hydrogens is 312 g/mol. The molecule has 2 rings (SSSR count). The van der Waals surface area contributed by atoms with Crippen molar-refractivity contribution in [2.75, 3.05) is 11.9 Å². The van der Waals surface area contributed by atoms with E-state index in [0.717, 1.165) is 12.3 Å². The molecule has 0 heterocycles. The third kappa shape index (κ3) is 4.24. The molecule has 0 atom stereocenters. The highest BCUT2D eigenvalue weighted by Gasteiger charge is 2.20. The van der Waals surface area contributed by atoms with Gasteiger partial charge in [-0.2, -0.15) is 0 Å². The van der Waals surface area contributed by atoms with Crippen LogP contribution >= 0.6 is 15.9 Å². The summed E-state index contributed by atoms with van der Waals surface area (Å²) in [6.07, 6.45) is 3.52. The minimum Gasteiger partial charge on any atom is -0.478 e. The maximum absolute atomic E-state index is 11.7. The lowest BCUT2D eigenvalue weighted by molar-refractivity contribution is 0.0697. The number of carbonyl (C=O) groups excluding carboxylic acids is 1. The van der Waals surface area contributed by atoms with Crippen LogP contribution in [-0.2, 0) is 0 Å². The SMILES string of the molecule is O=C(NCCC1CC1)Nc1cc(C(=O)O)ccc1Br. The molecule has 19 heavy (non-hydrogen) atoms. The number of anilines is 1. The highest BCUT2D eigenvalue weighted by molar-refractivity contribution is 9.10. The topological polar surface area (TPSA) is 78.4 Å². The van der Waals surface area contributed by atoms with E-state index in [2.05, 4.69) is 26.6 Å². The van der Waals surface area contributed by atoms with Crippen LogP contribution in [-0.4, -0.2) is 23.7 Å². The summed E-state index contributed by atoms with van der Waals surface area (Å²) in [6, 6.07) is 4.18. The minimum atomic E-state index is -1.02. The molecule has 1 aromatic rings. The zero-order valence-corrected chi connectivity index (χ0v) is 11.9. The zero-order valence-electron chi connectivity index (χ0n) is 10.3. The molecule has 0 spiro atoms. The first-order chi connectivity index (χ1) is 9.06. The maximum atomic E-state index is 11.7. The lowest BCUT2D eigenvalue weighted by Crippen LogP contribution is -2.29. The third-order valence-electron chi connectivity index (χ3n) is 3.00. The summed E-state index contributed by atoms with van der Waals surface area (Å²) in [5.41, 5.74) is 0.584. The molecule has 0 saturated heterocycles. The zero-order chi connectivity index (χ0) is 13.8. The Bertz CT molecular complexity index is 501. The number of carbonyl (C=O) groups is 2. The van der Waals surface area contributed by atoms with Gasteiger partial charge in [0.25, 0.3) is 0 Å². The van der Waals surface area contributed by atoms with E-state index in [4.69, 9.17) is 5.11 Å². The molecule has 0 aliphatic heterocycles. The molecule has 1 aromatic carbocycles. The molecule has 0 bridgehead atoms. The summed E-state index contributed by atoms with van der Waals surface area (Å²) in [7, 11) is 0. The first-order valence-corrected chi connectivity index (χ1v) is 6.93. The van der Waals surface area contributed by atoms with Crippen molar-refractivity contribution in [1.82, 2.24) is 5.32 Å². The van der Waals surface area contributed by atoms with Crippen LogP contribution in [0.2, 0.25) is 0 Å². The fraction of sp³-hybridized carbons (Fsp3) is 0.385. The Morgan fingerprint density at radius 2 is 2.11 bits per heavy atom. The van der Waals surface area contributed by atoms with E-state index >= 15 is 0 Å². The summed E-state index contributed by atoms with van der Waals surface area (Å²) >= 11 is 3.27. The smallest absolute Gasteiger partial charge is 0.335 e. The van der Waals surface area contributed by atoms with Crippen LogP contribution in [0.4, 0.5) is 10.5 Å². The van der Waals surface area contributed by atoms with Crippen molar-refractivity contribution in [1.29, 1.82) is 0 Å². The van der Waals surface area contributed by atoms with Gasteiger partial charge in [-0.1, -0.05) is 12.8 Å². The first-order valence-electron chi connectivity index (χ1n) is 6.14. The molecule has 1 saturated carbocycles. The third-order valence-corrected chi connectivity index (χ3v) is 3.69. The maximum Gasteiger partial charge on any atom is 0.335 e. The van der Waals surface area contributed by atoms with Crippen LogP contribution in [0.1, 0.15) is 29.6 Å². The second kappa shape index (κ2) is 6.06. The lowest BCUT2D eigenvalue weighted by atomic mass is 10.2. The molecule has 3 N–H and O–H groups in total. The van der Waals surface area contributed by atoms with Crippen molar-refractivity contribution in [3.8, 4) is 0 Å². The monoisotopic (exact) mass is 326 g/mol. The van der Waals surface area contributed by atoms with Gasteiger partial charge in [0.05, 0.1) is 11.3 Å². The van der Waals surface area contributed by atoms with E-state index in [-0.39, 0.29) is 11.6 Å². The van der Waals surface area contributed by atoms with Gasteiger partial charge in [0.1, 0.15) is 0 Å². The Hall–Kier alpha value is -1.56. The van der Waals surface area contributed by atoms with Crippen LogP contribution < -0.4 is 10.6 Å². The fourth-order valence-corrected chi connectivity index (χ4v) is 2.06. The Labute approximate surface area is 119 Å². The Balaban J connectivity index is 1.90. The predicted octanol–water partition coefficient (Wildman–Crippen LogP) is 3.07. The molecule has 1 aliphatic rings. The predicted molar refractivity (Wildman–Crippen MR) is 75.5 cm³/mol. The highest BCUT2D eigenvalue weighted by Crippen LogP contribution is 2.31. The van der Waals surface area contributed by atoms with Gasteiger partial charge in [-0.05, 0) is 46.5 Å². The number of hydrogen-bond donors (Lipinski definition) is 3. The molecule has 102 valence electrons. The molecule has 0 radical (unpaired) electrons. The van der Waals surface area contributed by atoms with Gasteiger partial charge in [-0.25, -0.2) is 9.59 Å². The number of nitrogens with one attached hydrogen (secondary N) is 2. The number of amides is 2. The standard InChI is InChI=1S/C13H15BrN2O3/c14-10-4-3-9(12(17)18)7-11(10)16-13(19)15-6-5-8-1-2-8/h3-4,7-8H,1-2,5-6H2,(H,17,18)(H2,15,16,19). The summed E-state index contributed by atoms with van der Waals surface area (Å²) < 4.78 is 0.648. The van der Waals surface area contributed by atoms with E-state index in [1.165, 1.54) is 25.0 Å². The van der Waals surface area contributed by atoms with Crippen LogP contribution in [0.3, 0.4) is 0 Å². The fourth-order valence-electron chi connectivity index (χ4n) is 1.72. The largest absolute Gasteiger partial charge is 0.478 e. The lowest BCUT2D eigenvalue weighted by Gasteiger charge is -2.09. The van der Waals surface area contributed by atoms with Gasteiger partial charge >= 0.3 is 12.0 Å². The van der Waals surface area contributed by atoms with Crippen molar-refractivity contribution in [3.05, 3.63) is 28.2 Å². The second-order valence-corrected chi connectivity index (χ2v) is 5.47. The van der Waals surface area contributed by atoms with Crippen molar-refractivity contribution in [2.24, 2.45) is 5.92 Å². The van der Waals surface area contributed by atoms with Gasteiger partial charge < -0.3 is 15.7 Å². The summed E-state index contributed by atoms with van der Waals surface area (Å²) in [5.74, 6) is -0.257. The van der Waals surface area contributed by atoms with Gasteiger partial charge in [-0.15, -0.1) is 0 Å². The highest BCUT2D eigenvalue weighted by atomic mass is 79.9. The number of carboxylic acids is 1. The van der Waals surface area contributed by atoms with Gasteiger partial charge in [-0.3, -0.25) is 0 Å². The molecule has 6 heteroatoms. The van der Waals surface area contributed by atoms with Crippen LogP contribution in [0.25, 0.3) is 0 Å². The van der Waals surface area contributed by atoms with Gasteiger partial charge in [0.15, 0.2) is 0 Å². The first kappa shape index (κ1) is 13.9. The van der Waals surface area contributed by atoms with E-state index in [9.17, 15) is 9.59 Å². The molecule has 0 aromatic heterocycles. The number of carboxylic acid groups (broad SMARTS) is 1. The Morgan fingerprint density at radius 1 is 1.37 bits per heavy atom. The normalized spacial score (nSPS) is 13.9. The van der Waals surface area contributed by atoms with Crippen molar-refractivity contribution >= 4 is 33.6 Å².